The Morgan fingerprint density at radius 1 is 1.29 bits per heavy atom. The van der Waals surface area contributed by atoms with E-state index in [1.54, 1.807) is 6.20 Å². The maximum atomic E-state index is 12.5. The largest absolute Gasteiger partial charge is 0.322 e. The van der Waals surface area contributed by atoms with Crippen LogP contribution in [0.15, 0.2) is 48.8 Å². The standard InChI is InChI=1S/C16H16IN3O/c17-13-5-7-14(8-6-13)19-16(21)20-10-2-4-15(20)12-3-1-9-18-11-12/h1,3,5-9,11,15H,2,4,10H2,(H,19,21). The van der Waals surface area contributed by atoms with E-state index in [4.69, 9.17) is 0 Å². The van der Waals surface area contributed by atoms with Crippen LogP contribution < -0.4 is 5.32 Å². The molecule has 1 unspecified atom stereocenters. The lowest BCUT2D eigenvalue weighted by Crippen LogP contribution is -2.34. The summed E-state index contributed by atoms with van der Waals surface area (Å²) in [6, 6.07) is 11.9. The summed E-state index contributed by atoms with van der Waals surface area (Å²) in [5, 5.41) is 2.97. The summed E-state index contributed by atoms with van der Waals surface area (Å²) in [7, 11) is 0. The maximum Gasteiger partial charge on any atom is 0.322 e. The molecule has 1 aliphatic rings. The third kappa shape index (κ3) is 3.34. The lowest BCUT2D eigenvalue weighted by atomic mass is 10.1. The van der Waals surface area contributed by atoms with Gasteiger partial charge in [0.15, 0.2) is 0 Å². The Morgan fingerprint density at radius 3 is 2.81 bits per heavy atom. The molecular formula is C16H16IN3O. The van der Waals surface area contributed by atoms with Gasteiger partial charge in [-0.15, -0.1) is 0 Å². The van der Waals surface area contributed by atoms with Crippen molar-refractivity contribution in [3.05, 3.63) is 57.9 Å². The van der Waals surface area contributed by atoms with E-state index in [0.717, 1.165) is 34.2 Å². The van der Waals surface area contributed by atoms with Crippen molar-refractivity contribution in [2.75, 3.05) is 11.9 Å². The topological polar surface area (TPSA) is 45.2 Å². The molecule has 1 N–H and O–H groups in total. The number of pyridine rings is 1. The lowest BCUT2D eigenvalue weighted by Gasteiger charge is -2.25. The first-order chi connectivity index (χ1) is 10.2. The smallest absolute Gasteiger partial charge is 0.317 e. The first-order valence-electron chi connectivity index (χ1n) is 6.97. The molecule has 4 nitrogen and oxygen atoms in total. The Hall–Kier alpha value is -1.63. The van der Waals surface area contributed by atoms with E-state index < -0.39 is 0 Å². The van der Waals surface area contributed by atoms with Crippen molar-refractivity contribution in [2.24, 2.45) is 0 Å². The van der Waals surface area contributed by atoms with Gasteiger partial charge in [0, 0.05) is 28.2 Å². The highest BCUT2D eigenvalue weighted by Gasteiger charge is 2.30. The van der Waals surface area contributed by atoms with Crippen LogP contribution in [0.4, 0.5) is 10.5 Å². The zero-order valence-electron chi connectivity index (χ0n) is 11.5. The van der Waals surface area contributed by atoms with Crippen LogP contribution in [0.2, 0.25) is 0 Å². The van der Waals surface area contributed by atoms with Crippen LogP contribution >= 0.6 is 22.6 Å². The predicted octanol–water partition coefficient (Wildman–Crippen LogP) is 4.06. The van der Waals surface area contributed by atoms with Crippen LogP contribution in [-0.2, 0) is 0 Å². The van der Waals surface area contributed by atoms with E-state index in [1.807, 2.05) is 47.5 Å². The zero-order valence-corrected chi connectivity index (χ0v) is 13.7. The number of halogens is 1. The van der Waals surface area contributed by atoms with E-state index in [0.29, 0.717) is 0 Å². The van der Waals surface area contributed by atoms with Gasteiger partial charge in [0.2, 0.25) is 0 Å². The molecule has 0 aliphatic carbocycles. The minimum Gasteiger partial charge on any atom is -0.317 e. The fraction of sp³-hybridized carbons (Fsp3) is 0.250. The molecule has 5 heteroatoms. The highest BCUT2D eigenvalue weighted by Crippen LogP contribution is 2.31. The van der Waals surface area contributed by atoms with Gasteiger partial charge in [-0.2, -0.15) is 0 Å². The number of nitrogens with zero attached hydrogens (tertiary/aromatic N) is 2. The SMILES string of the molecule is O=C(Nc1ccc(I)cc1)N1CCCC1c1cccnc1. The second-order valence-corrected chi connectivity index (χ2v) is 6.32. The molecule has 3 rings (SSSR count). The normalized spacial score (nSPS) is 17.8. The lowest BCUT2D eigenvalue weighted by molar-refractivity contribution is 0.207. The number of hydrogen-bond acceptors (Lipinski definition) is 2. The number of rotatable bonds is 2. The van der Waals surface area contributed by atoms with Gasteiger partial charge in [-0.1, -0.05) is 6.07 Å². The average molecular weight is 393 g/mol. The Kier molecular flexibility index (Phi) is 4.38. The van der Waals surface area contributed by atoms with Crippen LogP contribution in [0.5, 0.6) is 0 Å². The molecule has 0 bridgehead atoms. The first-order valence-corrected chi connectivity index (χ1v) is 8.05. The molecule has 1 saturated heterocycles. The number of likely N-dealkylation sites (tertiary alicyclic amines) is 1. The third-order valence-corrected chi connectivity index (χ3v) is 4.40. The van der Waals surface area contributed by atoms with Gasteiger partial charge in [0.05, 0.1) is 6.04 Å². The first kappa shape index (κ1) is 14.3. The molecular weight excluding hydrogens is 377 g/mol. The van der Waals surface area contributed by atoms with Crippen molar-refractivity contribution in [2.45, 2.75) is 18.9 Å². The monoisotopic (exact) mass is 393 g/mol. The van der Waals surface area contributed by atoms with Crippen molar-refractivity contribution in [1.82, 2.24) is 9.88 Å². The van der Waals surface area contributed by atoms with Gasteiger partial charge >= 0.3 is 6.03 Å². The van der Waals surface area contributed by atoms with Gasteiger partial charge in [0.1, 0.15) is 0 Å². The number of hydrogen-bond donors (Lipinski definition) is 1. The van der Waals surface area contributed by atoms with Gasteiger partial charge in [-0.25, -0.2) is 4.79 Å². The number of carbonyl (C=O) groups is 1. The fourth-order valence-electron chi connectivity index (χ4n) is 2.66. The zero-order chi connectivity index (χ0) is 14.7. The van der Waals surface area contributed by atoms with E-state index in [2.05, 4.69) is 32.9 Å². The average Bonchev–Trinajstić information content (AvgIpc) is 3.00. The third-order valence-electron chi connectivity index (χ3n) is 3.68. The van der Waals surface area contributed by atoms with Crippen LogP contribution in [0.25, 0.3) is 0 Å². The molecule has 1 atom stereocenters. The summed E-state index contributed by atoms with van der Waals surface area (Å²) in [6.07, 6.45) is 5.63. The summed E-state index contributed by atoms with van der Waals surface area (Å²) in [4.78, 5) is 18.5. The maximum absolute atomic E-state index is 12.5. The molecule has 0 saturated carbocycles. The summed E-state index contributed by atoms with van der Waals surface area (Å²) in [5.41, 5.74) is 1.94. The summed E-state index contributed by atoms with van der Waals surface area (Å²) in [6.45, 7) is 0.787. The highest BCUT2D eigenvalue weighted by atomic mass is 127. The van der Waals surface area contributed by atoms with Gasteiger partial charge < -0.3 is 10.2 Å². The second-order valence-electron chi connectivity index (χ2n) is 5.07. The number of aromatic nitrogens is 1. The minimum atomic E-state index is -0.0393. The molecule has 2 heterocycles. The molecule has 1 aromatic heterocycles. The molecule has 108 valence electrons. The van der Waals surface area contributed by atoms with E-state index in [9.17, 15) is 4.79 Å². The quantitative estimate of drug-likeness (QED) is 0.783. The Bertz CT molecular complexity index is 615. The minimum absolute atomic E-state index is 0.0393. The second kappa shape index (κ2) is 6.43. The molecule has 0 spiro atoms. The predicted molar refractivity (Wildman–Crippen MR) is 91.1 cm³/mol. The molecule has 1 aromatic carbocycles. The number of nitrogens with one attached hydrogen (secondary N) is 1. The van der Waals surface area contributed by atoms with Crippen molar-refractivity contribution >= 4 is 34.3 Å². The fourth-order valence-corrected chi connectivity index (χ4v) is 3.02. The van der Waals surface area contributed by atoms with Crippen LogP contribution in [0.3, 0.4) is 0 Å². The van der Waals surface area contributed by atoms with Crippen molar-refractivity contribution in [3.63, 3.8) is 0 Å². The molecule has 2 aromatic rings. The molecule has 21 heavy (non-hydrogen) atoms. The Balaban J connectivity index is 1.73. The number of urea groups is 1. The Morgan fingerprint density at radius 2 is 2.10 bits per heavy atom. The van der Waals surface area contributed by atoms with E-state index >= 15 is 0 Å². The van der Waals surface area contributed by atoms with Crippen molar-refractivity contribution in [3.8, 4) is 0 Å². The summed E-state index contributed by atoms with van der Waals surface area (Å²) < 4.78 is 1.15. The van der Waals surface area contributed by atoms with Gasteiger partial charge in [-0.3, -0.25) is 4.98 Å². The number of carbonyl (C=O) groups excluding carboxylic acids is 1. The van der Waals surface area contributed by atoms with E-state index in [1.165, 1.54) is 0 Å². The van der Waals surface area contributed by atoms with Gasteiger partial charge in [-0.05, 0) is 71.3 Å². The summed E-state index contributed by atoms with van der Waals surface area (Å²) >= 11 is 2.25. The number of benzene rings is 1. The molecule has 0 radical (unpaired) electrons. The number of anilines is 1. The van der Waals surface area contributed by atoms with Crippen molar-refractivity contribution in [1.29, 1.82) is 0 Å². The molecule has 1 aliphatic heterocycles. The molecule has 1 fully saturated rings. The summed E-state index contributed by atoms with van der Waals surface area (Å²) in [5.74, 6) is 0. The highest BCUT2D eigenvalue weighted by molar-refractivity contribution is 14.1. The van der Waals surface area contributed by atoms with Crippen LogP contribution in [-0.4, -0.2) is 22.5 Å². The van der Waals surface area contributed by atoms with Gasteiger partial charge in [0.25, 0.3) is 0 Å². The van der Waals surface area contributed by atoms with Crippen molar-refractivity contribution < 1.29 is 4.79 Å². The Labute approximate surface area is 137 Å². The molecule has 2 amide bonds. The number of amides is 2. The van der Waals surface area contributed by atoms with E-state index in [-0.39, 0.29) is 12.1 Å². The van der Waals surface area contributed by atoms with Crippen LogP contribution in [0.1, 0.15) is 24.4 Å². The van der Waals surface area contributed by atoms with Crippen LogP contribution in [0, 0.1) is 3.57 Å².